The fraction of sp³-hybridized carbons (Fsp3) is 0.417. The van der Waals surface area contributed by atoms with E-state index in [4.69, 9.17) is 9.47 Å². The van der Waals surface area contributed by atoms with Crippen molar-refractivity contribution in [2.75, 3.05) is 13.7 Å². The molecule has 1 N–H and O–H groups in total. The van der Waals surface area contributed by atoms with Crippen LogP contribution >= 0.6 is 0 Å². The lowest BCUT2D eigenvalue weighted by atomic mass is 10.1. The minimum atomic E-state index is -0.853. The molecule has 4 nitrogen and oxygen atoms in total. The minimum Gasteiger partial charge on any atom is -0.497 e. The number of aliphatic hydroxyl groups excluding tert-OH is 1. The lowest BCUT2D eigenvalue weighted by molar-refractivity contribution is -0.145. The van der Waals surface area contributed by atoms with Crippen LogP contribution in [0.4, 0.5) is 0 Å². The van der Waals surface area contributed by atoms with Crippen molar-refractivity contribution in [1.82, 2.24) is 0 Å². The van der Waals surface area contributed by atoms with E-state index in [0.29, 0.717) is 17.9 Å². The summed E-state index contributed by atoms with van der Waals surface area (Å²) in [6.45, 7) is 2.06. The van der Waals surface area contributed by atoms with Gasteiger partial charge < -0.3 is 14.6 Å². The van der Waals surface area contributed by atoms with E-state index in [-0.39, 0.29) is 6.42 Å². The van der Waals surface area contributed by atoms with Crippen molar-refractivity contribution in [3.05, 3.63) is 29.8 Å². The first-order valence-corrected chi connectivity index (χ1v) is 5.15. The predicted octanol–water partition coefficient (Wildman–Crippen LogP) is 1.68. The molecule has 1 atom stereocenters. The molecule has 1 aromatic carbocycles. The van der Waals surface area contributed by atoms with E-state index in [9.17, 15) is 9.90 Å². The summed E-state index contributed by atoms with van der Waals surface area (Å²) in [4.78, 5) is 11.2. The summed E-state index contributed by atoms with van der Waals surface area (Å²) in [5.74, 6) is 0.248. The van der Waals surface area contributed by atoms with Crippen LogP contribution < -0.4 is 4.74 Å². The molecular weight excluding hydrogens is 208 g/mol. The van der Waals surface area contributed by atoms with E-state index in [1.165, 1.54) is 0 Å². The Kier molecular flexibility index (Phi) is 4.79. The van der Waals surface area contributed by atoms with Crippen LogP contribution in [0.25, 0.3) is 0 Å². The van der Waals surface area contributed by atoms with Crippen LogP contribution in [0.5, 0.6) is 5.75 Å². The summed E-state index contributed by atoms with van der Waals surface area (Å²) >= 11 is 0. The third kappa shape index (κ3) is 3.55. The molecule has 0 saturated carbocycles. The molecule has 0 aromatic heterocycles. The maximum Gasteiger partial charge on any atom is 0.308 e. The predicted molar refractivity (Wildman–Crippen MR) is 59.2 cm³/mol. The molecule has 0 unspecified atom stereocenters. The number of carbonyl (C=O) groups is 1. The molecule has 16 heavy (non-hydrogen) atoms. The average Bonchev–Trinajstić information content (AvgIpc) is 2.29. The smallest absolute Gasteiger partial charge is 0.308 e. The van der Waals surface area contributed by atoms with Crippen molar-refractivity contribution in [3.63, 3.8) is 0 Å². The van der Waals surface area contributed by atoms with Gasteiger partial charge in [-0.25, -0.2) is 0 Å². The standard InChI is InChI=1S/C12H16O4/c1-3-16-12(14)8-11(13)9-5-4-6-10(7-9)15-2/h4-7,11,13H,3,8H2,1-2H3/t11-/m1/s1. The van der Waals surface area contributed by atoms with Gasteiger partial charge in [-0.3, -0.25) is 4.79 Å². The van der Waals surface area contributed by atoms with Gasteiger partial charge in [0.15, 0.2) is 0 Å². The summed E-state index contributed by atoms with van der Waals surface area (Å²) in [5.41, 5.74) is 0.646. The van der Waals surface area contributed by atoms with E-state index in [1.807, 2.05) is 0 Å². The molecule has 0 saturated heterocycles. The highest BCUT2D eigenvalue weighted by Crippen LogP contribution is 2.21. The Morgan fingerprint density at radius 2 is 2.25 bits per heavy atom. The van der Waals surface area contributed by atoms with Crippen LogP contribution in [0.3, 0.4) is 0 Å². The molecule has 0 spiro atoms. The Hall–Kier alpha value is -1.55. The lowest BCUT2D eigenvalue weighted by Crippen LogP contribution is -2.10. The quantitative estimate of drug-likeness (QED) is 0.773. The number of rotatable bonds is 5. The topological polar surface area (TPSA) is 55.8 Å². The Balaban J connectivity index is 2.64. The maximum atomic E-state index is 11.2. The molecule has 0 bridgehead atoms. The number of benzene rings is 1. The first-order chi connectivity index (χ1) is 7.67. The molecule has 88 valence electrons. The van der Waals surface area contributed by atoms with Crippen molar-refractivity contribution >= 4 is 5.97 Å². The van der Waals surface area contributed by atoms with Gasteiger partial charge in [-0.05, 0) is 24.6 Å². The second-order valence-electron chi connectivity index (χ2n) is 3.30. The number of hydrogen-bond donors (Lipinski definition) is 1. The molecule has 1 rings (SSSR count). The molecule has 0 aliphatic heterocycles. The lowest BCUT2D eigenvalue weighted by Gasteiger charge is -2.11. The van der Waals surface area contributed by atoms with Crippen LogP contribution in [0, 0.1) is 0 Å². The monoisotopic (exact) mass is 224 g/mol. The van der Waals surface area contributed by atoms with Gasteiger partial charge in [0.05, 0.1) is 26.2 Å². The fourth-order valence-corrected chi connectivity index (χ4v) is 1.34. The number of aliphatic hydroxyl groups is 1. The van der Waals surface area contributed by atoms with Crippen molar-refractivity contribution in [2.45, 2.75) is 19.4 Å². The zero-order valence-electron chi connectivity index (χ0n) is 9.47. The minimum absolute atomic E-state index is 0.0407. The van der Waals surface area contributed by atoms with E-state index in [0.717, 1.165) is 0 Å². The van der Waals surface area contributed by atoms with Crippen LogP contribution in [0.1, 0.15) is 25.0 Å². The second-order valence-corrected chi connectivity index (χ2v) is 3.30. The SMILES string of the molecule is CCOC(=O)C[C@@H](O)c1cccc(OC)c1. The highest BCUT2D eigenvalue weighted by atomic mass is 16.5. The highest BCUT2D eigenvalue weighted by molar-refractivity contribution is 5.70. The molecule has 0 radical (unpaired) electrons. The molecule has 0 amide bonds. The maximum absolute atomic E-state index is 11.2. The third-order valence-electron chi connectivity index (χ3n) is 2.14. The van der Waals surface area contributed by atoms with Crippen LogP contribution in [-0.2, 0) is 9.53 Å². The van der Waals surface area contributed by atoms with Gasteiger partial charge in [-0.1, -0.05) is 12.1 Å². The largest absolute Gasteiger partial charge is 0.497 e. The van der Waals surface area contributed by atoms with Crippen molar-refractivity contribution in [1.29, 1.82) is 0 Å². The molecule has 0 fully saturated rings. The molecule has 4 heteroatoms. The number of carbonyl (C=O) groups excluding carboxylic acids is 1. The zero-order valence-corrected chi connectivity index (χ0v) is 9.47. The summed E-state index contributed by atoms with van der Waals surface area (Å²) in [5, 5.41) is 9.78. The average molecular weight is 224 g/mol. The van der Waals surface area contributed by atoms with Crippen molar-refractivity contribution in [3.8, 4) is 5.75 Å². The molecule has 1 aromatic rings. The normalized spacial score (nSPS) is 11.9. The summed E-state index contributed by atoms with van der Waals surface area (Å²) in [6, 6.07) is 6.99. The Labute approximate surface area is 94.8 Å². The van der Waals surface area contributed by atoms with Gasteiger partial charge in [-0.15, -0.1) is 0 Å². The Morgan fingerprint density at radius 3 is 2.88 bits per heavy atom. The summed E-state index contributed by atoms with van der Waals surface area (Å²) in [6.07, 6.45) is -0.893. The van der Waals surface area contributed by atoms with Gasteiger partial charge in [0.1, 0.15) is 5.75 Å². The molecule has 0 aliphatic rings. The summed E-state index contributed by atoms with van der Waals surface area (Å²) < 4.78 is 9.79. The third-order valence-corrected chi connectivity index (χ3v) is 2.14. The fourth-order valence-electron chi connectivity index (χ4n) is 1.34. The van der Waals surface area contributed by atoms with E-state index in [1.54, 1.807) is 38.3 Å². The van der Waals surface area contributed by atoms with Crippen molar-refractivity contribution in [2.24, 2.45) is 0 Å². The Morgan fingerprint density at radius 1 is 1.50 bits per heavy atom. The van der Waals surface area contributed by atoms with Crippen LogP contribution in [0.15, 0.2) is 24.3 Å². The van der Waals surface area contributed by atoms with Gasteiger partial charge in [0.25, 0.3) is 0 Å². The van der Waals surface area contributed by atoms with Gasteiger partial charge in [-0.2, -0.15) is 0 Å². The molecule has 0 heterocycles. The zero-order chi connectivity index (χ0) is 12.0. The number of methoxy groups -OCH3 is 1. The summed E-state index contributed by atoms with van der Waals surface area (Å²) in [7, 11) is 1.55. The first-order valence-electron chi connectivity index (χ1n) is 5.15. The van der Waals surface area contributed by atoms with Crippen LogP contribution in [-0.4, -0.2) is 24.8 Å². The molecule has 0 aliphatic carbocycles. The van der Waals surface area contributed by atoms with Gasteiger partial charge in [0.2, 0.25) is 0 Å². The molecular formula is C12H16O4. The van der Waals surface area contributed by atoms with E-state index in [2.05, 4.69) is 0 Å². The van der Waals surface area contributed by atoms with Crippen molar-refractivity contribution < 1.29 is 19.4 Å². The van der Waals surface area contributed by atoms with Crippen LogP contribution in [0.2, 0.25) is 0 Å². The van der Waals surface area contributed by atoms with Gasteiger partial charge in [0, 0.05) is 0 Å². The number of hydrogen-bond acceptors (Lipinski definition) is 4. The number of esters is 1. The first kappa shape index (κ1) is 12.5. The van der Waals surface area contributed by atoms with E-state index < -0.39 is 12.1 Å². The van der Waals surface area contributed by atoms with Gasteiger partial charge >= 0.3 is 5.97 Å². The van der Waals surface area contributed by atoms with E-state index >= 15 is 0 Å². The Bertz CT molecular complexity index is 349. The highest BCUT2D eigenvalue weighted by Gasteiger charge is 2.14. The number of ether oxygens (including phenoxy) is 2. The second kappa shape index (κ2) is 6.12.